The number of nitrogens with one attached hydrogen (secondary N) is 1. The highest BCUT2D eigenvalue weighted by atomic mass is 31.2. The summed E-state index contributed by atoms with van der Waals surface area (Å²) in [5, 5.41) is 2.22. The zero-order chi connectivity index (χ0) is 9.61. The molecule has 0 radical (unpaired) electrons. The van der Waals surface area contributed by atoms with Gasteiger partial charge in [0.05, 0.1) is 6.16 Å². The van der Waals surface area contributed by atoms with Crippen LogP contribution < -0.4 is 5.32 Å². The fourth-order valence-corrected chi connectivity index (χ4v) is 0.770. The molecule has 0 aromatic heterocycles. The molecule has 0 aromatic carbocycles. The summed E-state index contributed by atoms with van der Waals surface area (Å²) in [6, 6.07) is 0. The Bertz CT molecular complexity index is 242. The van der Waals surface area contributed by atoms with E-state index < -0.39 is 13.5 Å². The molecule has 3 N–H and O–H groups in total. The first kappa shape index (κ1) is 11.1. The van der Waals surface area contributed by atoms with E-state index in [4.69, 9.17) is 9.79 Å². The van der Waals surface area contributed by atoms with Gasteiger partial charge in [-0.15, -0.1) is 0 Å². The third-order valence-electron chi connectivity index (χ3n) is 0.872. The SMILES string of the molecule is C=CC(=O)NC=CCP(=O)(O)O. The molecule has 0 aliphatic carbocycles. The van der Waals surface area contributed by atoms with Crippen molar-refractivity contribution in [1.82, 2.24) is 5.32 Å². The summed E-state index contributed by atoms with van der Waals surface area (Å²) in [5.74, 6) is -0.419. The molecule has 0 aliphatic heterocycles. The van der Waals surface area contributed by atoms with Crippen LogP contribution in [0.4, 0.5) is 0 Å². The fraction of sp³-hybridized carbons (Fsp3) is 0.167. The van der Waals surface area contributed by atoms with E-state index in [9.17, 15) is 9.36 Å². The van der Waals surface area contributed by atoms with Crippen LogP contribution in [0.5, 0.6) is 0 Å². The van der Waals surface area contributed by atoms with E-state index in [1.165, 1.54) is 12.3 Å². The summed E-state index contributed by atoms with van der Waals surface area (Å²) >= 11 is 0. The van der Waals surface area contributed by atoms with Crippen molar-refractivity contribution in [1.29, 1.82) is 0 Å². The highest BCUT2D eigenvalue weighted by molar-refractivity contribution is 7.51. The molecule has 68 valence electrons. The van der Waals surface area contributed by atoms with Crippen LogP contribution in [0.25, 0.3) is 0 Å². The van der Waals surface area contributed by atoms with Gasteiger partial charge in [-0.2, -0.15) is 0 Å². The Labute approximate surface area is 69.9 Å². The number of hydrogen-bond acceptors (Lipinski definition) is 2. The van der Waals surface area contributed by atoms with Crippen molar-refractivity contribution < 1.29 is 19.1 Å². The first-order chi connectivity index (χ1) is 5.45. The molecular weight excluding hydrogens is 181 g/mol. The second kappa shape index (κ2) is 4.87. The monoisotopic (exact) mass is 191 g/mol. The molecular formula is C6H10NO4P. The topological polar surface area (TPSA) is 86.6 Å². The molecule has 0 spiro atoms. The van der Waals surface area contributed by atoms with Gasteiger partial charge >= 0.3 is 7.60 Å². The van der Waals surface area contributed by atoms with Gasteiger partial charge in [-0.1, -0.05) is 12.7 Å². The lowest BCUT2D eigenvalue weighted by Crippen LogP contribution is -2.12. The maximum absolute atomic E-state index is 10.5. The summed E-state index contributed by atoms with van der Waals surface area (Å²) in [4.78, 5) is 27.2. The first-order valence-electron chi connectivity index (χ1n) is 3.08. The summed E-state index contributed by atoms with van der Waals surface area (Å²) < 4.78 is 10.3. The fourth-order valence-electron chi connectivity index (χ4n) is 0.390. The van der Waals surface area contributed by atoms with E-state index in [0.29, 0.717) is 0 Å². The Hall–Kier alpha value is -0.900. The summed E-state index contributed by atoms with van der Waals surface area (Å²) in [7, 11) is -4.00. The molecule has 0 heterocycles. The molecule has 12 heavy (non-hydrogen) atoms. The Balaban J connectivity index is 3.72. The van der Waals surface area contributed by atoms with Crippen molar-refractivity contribution in [3.05, 3.63) is 24.9 Å². The van der Waals surface area contributed by atoms with Gasteiger partial charge in [0.25, 0.3) is 0 Å². The van der Waals surface area contributed by atoms with Gasteiger partial charge in [0.15, 0.2) is 0 Å². The van der Waals surface area contributed by atoms with Crippen LogP contribution in [0, 0.1) is 0 Å². The molecule has 0 fully saturated rings. The van der Waals surface area contributed by atoms with Crippen molar-refractivity contribution in [3.8, 4) is 0 Å². The number of carbonyl (C=O) groups is 1. The number of allylic oxidation sites excluding steroid dienone is 1. The molecule has 6 heteroatoms. The minimum absolute atomic E-state index is 0.385. The molecule has 0 saturated carbocycles. The first-order valence-corrected chi connectivity index (χ1v) is 4.88. The average molecular weight is 191 g/mol. The van der Waals surface area contributed by atoms with Crippen molar-refractivity contribution in [2.45, 2.75) is 0 Å². The second-order valence-corrected chi connectivity index (χ2v) is 3.66. The van der Waals surface area contributed by atoms with Crippen LogP contribution >= 0.6 is 7.60 Å². The lowest BCUT2D eigenvalue weighted by Gasteiger charge is -1.97. The van der Waals surface area contributed by atoms with Crippen LogP contribution in [0.2, 0.25) is 0 Å². The van der Waals surface area contributed by atoms with Crippen LogP contribution in [-0.4, -0.2) is 21.9 Å². The molecule has 0 aliphatic rings. The third kappa shape index (κ3) is 7.21. The average Bonchev–Trinajstić information content (AvgIpc) is 1.96. The normalized spacial score (nSPS) is 11.5. The van der Waals surface area contributed by atoms with Crippen LogP contribution in [-0.2, 0) is 9.36 Å². The van der Waals surface area contributed by atoms with Gasteiger partial charge in [0.1, 0.15) is 0 Å². The Morgan fingerprint density at radius 2 is 2.17 bits per heavy atom. The molecule has 5 nitrogen and oxygen atoms in total. The van der Waals surface area contributed by atoms with Gasteiger partial charge in [-0.3, -0.25) is 9.36 Å². The standard InChI is InChI=1S/C6H10NO4P/c1-2-6(8)7-4-3-5-12(9,10)11/h2-4H,1,5H2,(H,7,8)(H2,9,10,11). The summed E-state index contributed by atoms with van der Waals surface area (Å²) in [5.41, 5.74) is 0. The van der Waals surface area contributed by atoms with Gasteiger partial charge in [-0.05, 0) is 6.08 Å². The number of hydrogen-bond donors (Lipinski definition) is 3. The maximum atomic E-state index is 10.5. The Morgan fingerprint density at radius 3 is 2.58 bits per heavy atom. The molecule has 0 saturated heterocycles. The Kier molecular flexibility index (Phi) is 4.51. The van der Waals surface area contributed by atoms with E-state index in [1.807, 2.05) is 0 Å². The van der Waals surface area contributed by atoms with Crippen LogP contribution in [0.1, 0.15) is 0 Å². The van der Waals surface area contributed by atoms with Crippen molar-refractivity contribution >= 4 is 13.5 Å². The van der Waals surface area contributed by atoms with Crippen molar-refractivity contribution in [3.63, 3.8) is 0 Å². The van der Waals surface area contributed by atoms with Gasteiger partial charge < -0.3 is 15.1 Å². The zero-order valence-electron chi connectivity index (χ0n) is 6.30. The predicted octanol–water partition coefficient (Wildman–Crippen LogP) is -0.0200. The highest BCUT2D eigenvalue weighted by Crippen LogP contribution is 2.33. The second-order valence-electron chi connectivity index (χ2n) is 1.96. The third-order valence-corrected chi connectivity index (χ3v) is 1.56. The molecule has 1 amide bonds. The highest BCUT2D eigenvalue weighted by Gasteiger charge is 2.08. The van der Waals surface area contributed by atoms with E-state index in [2.05, 4.69) is 11.9 Å². The number of rotatable bonds is 4. The lowest BCUT2D eigenvalue weighted by molar-refractivity contribution is -0.115. The van der Waals surface area contributed by atoms with Crippen molar-refractivity contribution in [2.75, 3.05) is 6.16 Å². The van der Waals surface area contributed by atoms with E-state index in [0.717, 1.165) is 6.08 Å². The van der Waals surface area contributed by atoms with E-state index in [1.54, 1.807) is 0 Å². The minimum atomic E-state index is -4.00. The van der Waals surface area contributed by atoms with Gasteiger partial charge in [-0.25, -0.2) is 0 Å². The molecule has 0 unspecified atom stereocenters. The zero-order valence-corrected chi connectivity index (χ0v) is 7.20. The molecule has 0 atom stereocenters. The van der Waals surface area contributed by atoms with Crippen molar-refractivity contribution in [2.24, 2.45) is 0 Å². The lowest BCUT2D eigenvalue weighted by atomic mass is 10.6. The molecule has 0 aromatic rings. The Morgan fingerprint density at radius 1 is 1.58 bits per heavy atom. The predicted molar refractivity (Wildman–Crippen MR) is 44.4 cm³/mol. The minimum Gasteiger partial charge on any atom is -0.329 e. The van der Waals surface area contributed by atoms with Gasteiger partial charge in [0.2, 0.25) is 5.91 Å². The van der Waals surface area contributed by atoms with E-state index in [-0.39, 0.29) is 6.16 Å². The summed E-state index contributed by atoms with van der Waals surface area (Å²) in [6.45, 7) is 3.19. The number of amides is 1. The quantitative estimate of drug-likeness (QED) is 0.430. The summed E-state index contributed by atoms with van der Waals surface area (Å²) in [6.07, 6.45) is 3.03. The molecule has 0 bridgehead atoms. The van der Waals surface area contributed by atoms with E-state index >= 15 is 0 Å². The van der Waals surface area contributed by atoms with Gasteiger partial charge in [0, 0.05) is 6.20 Å². The molecule has 0 rings (SSSR count). The van der Waals surface area contributed by atoms with Crippen LogP contribution in [0.3, 0.4) is 0 Å². The largest absolute Gasteiger partial charge is 0.329 e. The number of carbonyl (C=O) groups excluding carboxylic acids is 1. The maximum Gasteiger partial charge on any atom is 0.329 e. The smallest absolute Gasteiger partial charge is 0.329 e. The van der Waals surface area contributed by atoms with Crippen LogP contribution in [0.15, 0.2) is 24.9 Å².